The van der Waals surface area contributed by atoms with E-state index in [9.17, 15) is 13.2 Å². The molecule has 122 valence electrons. The third kappa shape index (κ3) is 3.49. The lowest BCUT2D eigenvalue weighted by atomic mass is 10.0. The fourth-order valence-corrected chi connectivity index (χ4v) is 5.71. The standard InChI is InChI=1S/C14H21N3O3S2/c1-10-13(21-9-15-10)14(18)16-11-2-5-17(6-3-11)12-4-7-22(19,20)8-12/h9,11-12H,2-8H2,1H3,(H,16,18). The number of nitrogens with one attached hydrogen (secondary N) is 1. The number of carbonyl (C=O) groups is 1. The van der Waals surface area contributed by atoms with Gasteiger partial charge in [0.2, 0.25) is 0 Å². The van der Waals surface area contributed by atoms with Gasteiger partial charge in [-0.2, -0.15) is 0 Å². The van der Waals surface area contributed by atoms with Crippen LogP contribution in [0.3, 0.4) is 0 Å². The van der Waals surface area contributed by atoms with Crippen LogP contribution in [0.15, 0.2) is 5.51 Å². The molecular formula is C14H21N3O3S2. The van der Waals surface area contributed by atoms with Crippen molar-refractivity contribution < 1.29 is 13.2 Å². The highest BCUT2D eigenvalue weighted by atomic mass is 32.2. The van der Waals surface area contributed by atoms with E-state index in [0.717, 1.165) is 38.0 Å². The maximum Gasteiger partial charge on any atom is 0.263 e. The third-order valence-corrected chi connectivity index (χ3v) is 7.22. The molecule has 0 aromatic carbocycles. The van der Waals surface area contributed by atoms with E-state index in [-0.39, 0.29) is 18.0 Å². The molecule has 6 nitrogen and oxygen atoms in total. The summed E-state index contributed by atoms with van der Waals surface area (Å²) in [4.78, 5) is 19.2. The number of sulfone groups is 1. The number of thiazole rings is 1. The Kier molecular flexibility index (Phi) is 4.52. The van der Waals surface area contributed by atoms with Crippen LogP contribution < -0.4 is 5.32 Å². The molecule has 3 heterocycles. The van der Waals surface area contributed by atoms with Gasteiger partial charge in [0.25, 0.3) is 5.91 Å². The summed E-state index contributed by atoms with van der Waals surface area (Å²) in [6.45, 7) is 3.55. The predicted octanol–water partition coefficient (Wildman–Crippen LogP) is 0.833. The first-order valence-corrected chi connectivity index (χ1v) is 10.3. The minimum Gasteiger partial charge on any atom is -0.348 e. The van der Waals surface area contributed by atoms with Crippen molar-refractivity contribution in [1.82, 2.24) is 15.2 Å². The van der Waals surface area contributed by atoms with Crippen LogP contribution in [0.2, 0.25) is 0 Å². The van der Waals surface area contributed by atoms with Crippen LogP contribution in [0, 0.1) is 6.92 Å². The Bertz CT molecular complexity index is 648. The van der Waals surface area contributed by atoms with Crippen LogP contribution in [0.4, 0.5) is 0 Å². The zero-order chi connectivity index (χ0) is 15.7. The van der Waals surface area contributed by atoms with Crippen molar-refractivity contribution in [3.63, 3.8) is 0 Å². The molecule has 1 atom stereocenters. The van der Waals surface area contributed by atoms with Gasteiger partial charge in [0.15, 0.2) is 9.84 Å². The van der Waals surface area contributed by atoms with E-state index in [1.54, 1.807) is 5.51 Å². The summed E-state index contributed by atoms with van der Waals surface area (Å²) >= 11 is 1.37. The number of piperidine rings is 1. The van der Waals surface area contributed by atoms with Crippen molar-refractivity contribution in [2.24, 2.45) is 0 Å². The average molecular weight is 343 g/mol. The lowest BCUT2D eigenvalue weighted by Gasteiger charge is -2.35. The van der Waals surface area contributed by atoms with Crippen molar-refractivity contribution in [2.75, 3.05) is 24.6 Å². The summed E-state index contributed by atoms with van der Waals surface area (Å²) in [5, 5.41) is 3.08. The Morgan fingerprint density at radius 1 is 1.36 bits per heavy atom. The molecule has 0 bridgehead atoms. The van der Waals surface area contributed by atoms with Crippen molar-refractivity contribution in [3.8, 4) is 0 Å². The molecule has 8 heteroatoms. The fourth-order valence-electron chi connectivity index (χ4n) is 3.24. The molecule has 3 rings (SSSR count). The second-order valence-electron chi connectivity index (χ2n) is 6.11. The summed E-state index contributed by atoms with van der Waals surface area (Å²) in [7, 11) is -2.83. The molecule has 0 radical (unpaired) electrons. The molecule has 1 aromatic heterocycles. The first-order chi connectivity index (χ1) is 10.4. The smallest absolute Gasteiger partial charge is 0.263 e. The molecule has 1 aromatic rings. The minimum atomic E-state index is -2.83. The zero-order valence-electron chi connectivity index (χ0n) is 12.6. The van der Waals surface area contributed by atoms with Gasteiger partial charge in [-0.3, -0.25) is 9.69 Å². The van der Waals surface area contributed by atoms with Gasteiger partial charge in [-0.15, -0.1) is 11.3 Å². The highest BCUT2D eigenvalue weighted by Gasteiger charge is 2.34. The van der Waals surface area contributed by atoms with Crippen molar-refractivity contribution in [3.05, 3.63) is 16.1 Å². The Balaban J connectivity index is 1.50. The molecule has 1 amide bonds. The largest absolute Gasteiger partial charge is 0.348 e. The van der Waals surface area contributed by atoms with Gasteiger partial charge in [-0.1, -0.05) is 0 Å². The van der Waals surface area contributed by atoms with E-state index in [1.165, 1.54) is 11.3 Å². The van der Waals surface area contributed by atoms with E-state index in [1.807, 2.05) is 6.92 Å². The molecule has 0 aliphatic carbocycles. The zero-order valence-corrected chi connectivity index (χ0v) is 14.3. The van der Waals surface area contributed by atoms with Gasteiger partial charge in [-0.05, 0) is 26.2 Å². The van der Waals surface area contributed by atoms with Crippen molar-refractivity contribution >= 4 is 27.1 Å². The summed E-state index contributed by atoms with van der Waals surface area (Å²) in [6.07, 6.45) is 2.50. The van der Waals surface area contributed by atoms with E-state index >= 15 is 0 Å². The number of hydrogen-bond donors (Lipinski definition) is 1. The molecule has 2 saturated heterocycles. The minimum absolute atomic E-state index is 0.0399. The number of amides is 1. The number of likely N-dealkylation sites (tertiary alicyclic amines) is 1. The summed E-state index contributed by atoms with van der Waals surface area (Å²) in [6, 6.07) is 0.341. The maximum absolute atomic E-state index is 12.2. The Labute approximate surface area is 134 Å². The first-order valence-electron chi connectivity index (χ1n) is 7.60. The molecule has 1 unspecified atom stereocenters. The van der Waals surface area contributed by atoms with Gasteiger partial charge < -0.3 is 5.32 Å². The van der Waals surface area contributed by atoms with Gasteiger partial charge in [0, 0.05) is 25.2 Å². The molecule has 0 spiro atoms. The van der Waals surface area contributed by atoms with Crippen molar-refractivity contribution in [2.45, 2.75) is 38.3 Å². The van der Waals surface area contributed by atoms with Crippen LogP contribution in [0.1, 0.15) is 34.6 Å². The number of rotatable bonds is 3. The third-order valence-electron chi connectivity index (χ3n) is 4.54. The predicted molar refractivity (Wildman–Crippen MR) is 86.0 cm³/mol. The molecule has 2 fully saturated rings. The Hall–Kier alpha value is -0.990. The van der Waals surface area contributed by atoms with Crippen LogP contribution >= 0.6 is 11.3 Å². The van der Waals surface area contributed by atoms with E-state index in [2.05, 4.69) is 15.2 Å². The number of carbonyl (C=O) groups excluding carboxylic acids is 1. The average Bonchev–Trinajstić information content (AvgIpc) is 3.05. The summed E-state index contributed by atoms with van der Waals surface area (Å²) in [5.74, 6) is 0.574. The Morgan fingerprint density at radius 3 is 2.64 bits per heavy atom. The lowest BCUT2D eigenvalue weighted by molar-refractivity contribution is 0.0901. The molecule has 2 aliphatic heterocycles. The second-order valence-corrected chi connectivity index (χ2v) is 9.19. The molecule has 1 N–H and O–H groups in total. The molecule has 22 heavy (non-hydrogen) atoms. The second kappa shape index (κ2) is 6.25. The van der Waals surface area contributed by atoms with Crippen molar-refractivity contribution in [1.29, 1.82) is 0 Å². The lowest BCUT2D eigenvalue weighted by Crippen LogP contribution is -2.48. The Morgan fingerprint density at radius 2 is 2.09 bits per heavy atom. The van der Waals surface area contributed by atoms with Gasteiger partial charge >= 0.3 is 0 Å². The van der Waals surface area contributed by atoms with E-state index in [0.29, 0.717) is 16.4 Å². The van der Waals surface area contributed by atoms with Gasteiger partial charge in [0.1, 0.15) is 4.88 Å². The number of nitrogens with zero attached hydrogens (tertiary/aromatic N) is 2. The molecule has 0 saturated carbocycles. The first kappa shape index (κ1) is 15.9. The topological polar surface area (TPSA) is 79.4 Å². The highest BCUT2D eigenvalue weighted by molar-refractivity contribution is 7.91. The monoisotopic (exact) mass is 343 g/mol. The van der Waals surface area contributed by atoms with Crippen LogP contribution in [0.25, 0.3) is 0 Å². The van der Waals surface area contributed by atoms with E-state index < -0.39 is 9.84 Å². The number of aromatic nitrogens is 1. The quantitative estimate of drug-likeness (QED) is 0.879. The van der Waals surface area contributed by atoms with Crippen LogP contribution in [-0.4, -0.2) is 60.9 Å². The number of hydrogen-bond acceptors (Lipinski definition) is 6. The number of aryl methyl sites for hydroxylation is 1. The van der Waals surface area contributed by atoms with Crippen LogP contribution in [0.5, 0.6) is 0 Å². The van der Waals surface area contributed by atoms with Gasteiger partial charge in [0.05, 0.1) is 22.7 Å². The molecular weight excluding hydrogens is 322 g/mol. The fraction of sp³-hybridized carbons (Fsp3) is 0.714. The van der Waals surface area contributed by atoms with Gasteiger partial charge in [-0.25, -0.2) is 13.4 Å². The highest BCUT2D eigenvalue weighted by Crippen LogP contribution is 2.22. The summed E-state index contributed by atoms with van der Waals surface area (Å²) in [5.41, 5.74) is 2.46. The molecule has 2 aliphatic rings. The SMILES string of the molecule is Cc1ncsc1C(=O)NC1CCN(C2CCS(=O)(=O)C2)CC1. The van der Waals surface area contributed by atoms with E-state index in [4.69, 9.17) is 0 Å². The van der Waals surface area contributed by atoms with Crippen LogP contribution in [-0.2, 0) is 9.84 Å². The maximum atomic E-state index is 12.2. The summed E-state index contributed by atoms with van der Waals surface area (Å²) < 4.78 is 23.1. The normalized spacial score (nSPS) is 26.1.